The number of carbonyl (C=O) groups excluding carboxylic acids is 2. The lowest BCUT2D eigenvalue weighted by Gasteiger charge is -2.55. The Morgan fingerprint density at radius 1 is 0.941 bits per heavy atom. The fourth-order valence-electron chi connectivity index (χ4n) is 5.72. The summed E-state index contributed by atoms with van der Waals surface area (Å²) >= 11 is 0. The molecule has 0 bridgehead atoms. The van der Waals surface area contributed by atoms with Crippen molar-refractivity contribution in [2.24, 2.45) is 5.73 Å². The molecule has 1 heterocycles. The fourth-order valence-corrected chi connectivity index (χ4v) is 5.72. The molecule has 2 fully saturated rings. The van der Waals surface area contributed by atoms with Crippen LogP contribution in [0.3, 0.4) is 0 Å². The van der Waals surface area contributed by atoms with Crippen molar-refractivity contribution in [2.75, 3.05) is 6.54 Å². The van der Waals surface area contributed by atoms with Gasteiger partial charge < -0.3 is 15.7 Å². The number of primary amides is 1. The van der Waals surface area contributed by atoms with Crippen molar-refractivity contribution in [3.8, 4) is 0 Å². The van der Waals surface area contributed by atoms with E-state index in [1.54, 1.807) is 4.90 Å². The third-order valence-corrected chi connectivity index (χ3v) is 7.24. The zero-order valence-corrected chi connectivity index (χ0v) is 19.4. The number of nitrogens with two attached hydrogens (primary N) is 1. The summed E-state index contributed by atoms with van der Waals surface area (Å²) in [5.41, 5.74) is 6.45. The van der Waals surface area contributed by atoms with Crippen molar-refractivity contribution in [3.63, 3.8) is 0 Å². The van der Waals surface area contributed by atoms with Gasteiger partial charge in [-0.15, -0.1) is 0 Å². The molecular weight excluding hydrogens is 430 g/mol. The van der Waals surface area contributed by atoms with E-state index in [1.165, 1.54) is 0 Å². The van der Waals surface area contributed by atoms with Gasteiger partial charge in [0.1, 0.15) is 5.54 Å². The summed E-state index contributed by atoms with van der Waals surface area (Å²) in [7, 11) is 0. The topological polar surface area (TPSA) is 104 Å². The van der Waals surface area contributed by atoms with Crippen LogP contribution >= 0.6 is 0 Å². The lowest BCUT2D eigenvalue weighted by atomic mass is 9.80. The smallest absolute Gasteiger partial charge is 0.305 e. The van der Waals surface area contributed by atoms with Crippen LogP contribution in [-0.4, -0.2) is 56.9 Å². The average molecular weight is 464 g/mol. The Morgan fingerprint density at radius 3 is 2.09 bits per heavy atom. The molecule has 1 unspecified atom stereocenters. The quantitative estimate of drug-likeness (QED) is 0.626. The summed E-state index contributed by atoms with van der Waals surface area (Å²) in [5, 5.41) is 9.88. The number of benzene rings is 2. The second-order valence-electron chi connectivity index (χ2n) is 9.55. The second kappa shape index (κ2) is 10.4. The number of amides is 2. The molecule has 0 aromatic heterocycles. The van der Waals surface area contributed by atoms with E-state index in [-0.39, 0.29) is 18.5 Å². The molecule has 1 saturated heterocycles. The Labute approximate surface area is 200 Å². The van der Waals surface area contributed by atoms with E-state index in [0.717, 1.165) is 43.2 Å². The van der Waals surface area contributed by atoms with E-state index < -0.39 is 29.9 Å². The first-order valence-electron chi connectivity index (χ1n) is 12.1. The Balaban J connectivity index is 1.80. The highest BCUT2D eigenvalue weighted by Crippen LogP contribution is 2.38. The number of hydrogen-bond donors (Lipinski definition) is 2. The minimum atomic E-state index is -1.46. The van der Waals surface area contributed by atoms with Crippen molar-refractivity contribution in [3.05, 3.63) is 71.8 Å². The molecule has 34 heavy (non-hydrogen) atoms. The summed E-state index contributed by atoms with van der Waals surface area (Å²) in [5.74, 6) is -1.85. The maximum atomic E-state index is 14.0. The van der Waals surface area contributed by atoms with Crippen LogP contribution in [0.15, 0.2) is 60.7 Å². The summed E-state index contributed by atoms with van der Waals surface area (Å²) in [6.07, 6.45) is 4.70. The molecule has 4 rings (SSSR count). The molecule has 2 aromatic rings. The number of aliphatic carboxylic acids is 1. The summed E-state index contributed by atoms with van der Waals surface area (Å²) in [6, 6.07) is 18.5. The highest BCUT2D eigenvalue weighted by molar-refractivity contribution is 5.94. The molecule has 2 aromatic carbocycles. The third kappa shape index (κ3) is 4.99. The molecule has 7 nitrogen and oxygen atoms in total. The number of hydrogen-bond acceptors (Lipinski definition) is 4. The lowest BCUT2D eigenvalue weighted by Crippen LogP contribution is -2.75. The summed E-state index contributed by atoms with van der Waals surface area (Å²) in [4.78, 5) is 42.7. The van der Waals surface area contributed by atoms with Crippen LogP contribution in [-0.2, 0) is 27.3 Å². The SMILES string of the molecule is NC(=O)C1(CC(=O)O)CN(Cc2ccccc2)C(=O)[C@H](Cc2ccccc2)N1C1CCCCC1. The fraction of sp³-hybridized carbons (Fsp3) is 0.444. The van der Waals surface area contributed by atoms with Crippen LogP contribution in [0.2, 0.25) is 0 Å². The van der Waals surface area contributed by atoms with E-state index in [2.05, 4.69) is 0 Å². The number of nitrogens with zero attached hydrogens (tertiary/aromatic N) is 2. The molecule has 180 valence electrons. The number of carbonyl (C=O) groups is 3. The number of carboxylic acid groups (broad SMARTS) is 1. The number of rotatable bonds is 8. The first-order valence-corrected chi connectivity index (χ1v) is 12.1. The van der Waals surface area contributed by atoms with Gasteiger partial charge in [-0.2, -0.15) is 0 Å². The molecule has 0 spiro atoms. The third-order valence-electron chi connectivity index (χ3n) is 7.24. The van der Waals surface area contributed by atoms with Crippen molar-refractivity contribution in [2.45, 2.75) is 69.1 Å². The van der Waals surface area contributed by atoms with Crippen LogP contribution in [0.25, 0.3) is 0 Å². The van der Waals surface area contributed by atoms with Gasteiger partial charge in [0.2, 0.25) is 11.8 Å². The van der Waals surface area contributed by atoms with Gasteiger partial charge in [-0.25, -0.2) is 0 Å². The van der Waals surface area contributed by atoms with Gasteiger partial charge in [-0.3, -0.25) is 19.3 Å². The Morgan fingerprint density at radius 2 is 1.53 bits per heavy atom. The standard InChI is InChI=1S/C27H33N3O4/c28-26(34)27(17-24(31)32)19-29(18-21-12-6-2-7-13-21)25(33)23(16-20-10-4-1-5-11-20)30(27)22-14-8-3-9-15-22/h1-2,4-7,10-13,22-23H,3,8-9,14-19H2,(H2,28,34)(H,31,32)/t23-,27?/m0/s1. The molecule has 2 amide bonds. The van der Waals surface area contributed by atoms with Gasteiger partial charge in [-0.1, -0.05) is 79.9 Å². The molecular formula is C27H33N3O4. The normalized spacial score (nSPS) is 24.2. The summed E-state index contributed by atoms with van der Waals surface area (Å²) < 4.78 is 0. The maximum Gasteiger partial charge on any atom is 0.305 e. The van der Waals surface area contributed by atoms with E-state index >= 15 is 0 Å². The monoisotopic (exact) mass is 463 g/mol. The van der Waals surface area contributed by atoms with Gasteiger partial charge in [0.25, 0.3) is 0 Å². The van der Waals surface area contributed by atoms with Crippen molar-refractivity contribution in [1.29, 1.82) is 0 Å². The highest BCUT2D eigenvalue weighted by Gasteiger charge is 2.57. The molecule has 0 radical (unpaired) electrons. The molecule has 1 saturated carbocycles. The van der Waals surface area contributed by atoms with Gasteiger partial charge in [0.15, 0.2) is 0 Å². The zero-order chi connectivity index (χ0) is 24.1. The molecule has 1 aliphatic heterocycles. The largest absolute Gasteiger partial charge is 0.481 e. The van der Waals surface area contributed by atoms with E-state index in [0.29, 0.717) is 13.0 Å². The van der Waals surface area contributed by atoms with Crippen LogP contribution < -0.4 is 5.73 Å². The van der Waals surface area contributed by atoms with Crippen LogP contribution in [0.1, 0.15) is 49.7 Å². The Kier molecular flexibility index (Phi) is 7.32. The molecule has 2 atom stereocenters. The Bertz CT molecular complexity index is 1010. The predicted molar refractivity (Wildman–Crippen MR) is 129 cm³/mol. The Hall–Kier alpha value is -3.19. The highest BCUT2D eigenvalue weighted by atomic mass is 16.4. The van der Waals surface area contributed by atoms with Gasteiger partial charge >= 0.3 is 5.97 Å². The zero-order valence-electron chi connectivity index (χ0n) is 19.4. The first-order chi connectivity index (χ1) is 16.4. The minimum absolute atomic E-state index is 0.0237. The summed E-state index contributed by atoms with van der Waals surface area (Å²) in [6.45, 7) is 0.280. The molecule has 3 N–H and O–H groups in total. The molecule has 7 heteroatoms. The average Bonchev–Trinajstić information content (AvgIpc) is 2.83. The van der Waals surface area contributed by atoms with E-state index in [1.807, 2.05) is 65.6 Å². The lowest BCUT2D eigenvalue weighted by molar-refractivity contribution is -0.170. The molecule has 1 aliphatic carbocycles. The van der Waals surface area contributed by atoms with Crippen molar-refractivity contribution < 1.29 is 19.5 Å². The van der Waals surface area contributed by atoms with Crippen molar-refractivity contribution in [1.82, 2.24) is 9.80 Å². The minimum Gasteiger partial charge on any atom is -0.481 e. The number of carboxylic acids is 1. The second-order valence-corrected chi connectivity index (χ2v) is 9.55. The van der Waals surface area contributed by atoms with Gasteiger partial charge in [0.05, 0.1) is 12.5 Å². The first kappa shape index (κ1) is 24.0. The van der Waals surface area contributed by atoms with Gasteiger partial charge in [0, 0.05) is 19.1 Å². The van der Waals surface area contributed by atoms with Crippen LogP contribution in [0.5, 0.6) is 0 Å². The molecule has 2 aliphatic rings. The van der Waals surface area contributed by atoms with Gasteiger partial charge in [-0.05, 0) is 30.4 Å². The van der Waals surface area contributed by atoms with Crippen LogP contribution in [0, 0.1) is 0 Å². The predicted octanol–water partition coefficient (Wildman–Crippen LogP) is 2.97. The van der Waals surface area contributed by atoms with E-state index in [9.17, 15) is 19.5 Å². The maximum absolute atomic E-state index is 14.0. The van der Waals surface area contributed by atoms with Crippen molar-refractivity contribution >= 4 is 17.8 Å². The van der Waals surface area contributed by atoms with E-state index in [4.69, 9.17) is 5.73 Å². The number of piperazine rings is 1. The van der Waals surface area contributed by atoms with Crippen LogP contribution in [0.4, 0.5) is 0 Å².